The molecule has 0 bridgehead atoms. The van der Waals surface area contributed by atoms with E-state index >= 15 is 0 Å². The Kier molecular flexibility index (Phi) is 6.91. The Morgan fingerprint density at radius 1 is 1.00 bits per heavy atom. The Balaban J connectivity index is 1.94. The minimum Gasteiger partial charge on any atom is -0.481 e. The molecule has 6 heteroatoms. The molecule has 1 atom stereocenters. The third-order valence-corrected chi connectivity index (χ3v) is 3.85. The smallest absolute Gasteiger partial charge is 0.303 e. The van der Waals surface area contributed by atoms with Gasteiger partial charge in [0.15, 0.2) is 0 Å². The fourth-order valence-corrected chi connectivity index (χ4v) is 2.47. The molecule has 0 aliphatic heterocycles. The first-order valence-electron chi connectivity index (χ1n) is 8.43. The Labute approximate surface area is 152 Å². The fourth-order valence-electron chi connectivity index (χ4n) is 2.47. The zero-order chi connectivity index (χ0) is 18.9. The van der Waals surface area contributed by atoms with E-state index in [4.69, 9.17) is 5.11 Å². The summed E-state index contributed by atoms with van der Waals surface area (Å²) in [5.74, 6) is -1.44. The summed E-state index contributed by atoms with van der Waals surface area (Å²) in [5, 5.41) is 14.2. The van der Waals surface area contributed by atoms with Crippen molar-refractivity contribution in [2.75, 3.05) is 5.32 Å². The lowest BCUT2D eigenvalue weighted by Gasteiger charge is -2.15. The van der Waals surface area contributed by atoms with Crippen molar-refractivity contribution >= 4 is 23.5 Å². The molecule has 3 N–H and O–H groups in total. The van der Waals surface area contributed by atoms with E-state index in [0.29, 0.717) is 11.3 Å². The van der Waals surface area contributed by atoms with Gasteiger partial charge in [0.05, 0.1) is 6.04 Å². The van der Waals surface area contributed by atoms with E-state index in [-0.39, 0.29) is 37.1 Å². The van der Waals surface area contributed by atoms with Gasteiger partial charge in [-0.15, -0.1) is 0 Å². The van der Waals surface area contributed by atoms with Crippen LogP contribution in [0.15, 0.2) is 54.6 Å². The van der Waals surface area contributed by atoms with Gasteiger partial charge in [0, 0.05) is 24.1 Å². The van der Waals surface area contributed by atoms with E-state index in [1.54, 1.807) is 24.3 Å². The van der Waals surface area contributed by atoms with Gasteiger partial charge in [-0.25, -0.2) is 0 Å². The number of carboxylic acid groups (broad SMARTS) is 1. The first-order chi connectivity index (χ1) is 12.5. The molecular formula is C20H22N2O4. The first kappa shape index (κ1) is 19.2. The van der Waals surface area contributed by atoms with Crippen LogP contribution in [0, 0.1) is 0 Å². The van der Waals surface area contributed by atoms with E-state index in [0.717, 1.165) is 5.56 Å². The molecule has 26 heavy (non-hydrogen) atoms. The highest BCUT2D eigenvalue weighted by Crippen LogP contribution is 2.15. The number of amides is 2. The topological polar surface area (TPSA) is 95.5 Å². The summed E-state index contributed by atoms with van der Waals surface area (Å²) in [7, 11) is 0. The van der Waals surface area contributed by atoms with Gasteiger partial charge in [0.1, 0.15) is 0 Å². The van der Waals surface area contributed by atoms with Crippen LogP contribution >= 0.6 is 0 Å². The summed E-state index contributed by atoms with van der Waals surface area (Å²) in [6.45, 7) is 1.90. The van der Waals surface area contributed by atoms with Crippen LogP contribution < -0.4 is 10.6 Å². The molecule has 2 aromatic carbocycles. The standard InChI is InChI=1S/C20H22N2O4/c1-14(15-7-3-2-4-8-15)21-20(26)16-9-5-10-17(13-16)22-18(23)11-6-12-19(24)25/h2-5,7-10,13-14H,6,11-12H2,1H3,(H,21,26)(H,22,23)(H,24,25). The third kappa shape index (κ3) is 6.05. The predicted octanol–water partition coefficient (Wildman–Crippen LogP) is 3.37. The minimum atomic E-state index is -0.927. The quantitative estimate of drug-likeness (QED) is 0.677. The molecule has 6 nitrogen and oxygen atoms in total. The Bertz CT molecular complexity index is 774. The number of nitrogens with one attached hydrogen (secondary N) is 2. The van der Waals surface area contributed by atoms with Gasteiger partial charge in [-0.1, -0.05) is 36.4 Å². The molecule has 0 aromatic heterocycles. The highest BCUT2D eigenvalue weighted by atomic mass is 16.4. The van der Waals surface area contributed by atoms with Crippen molar-refractivity contribution in [1.29, 1.82) is 0 Å². The maximum Gasteiger partial charge on any atom is 0.303 e. The Morgan fingerprint density at radius 2 is 1.73 bits per heavy atom. The molecular weight excluding hydrogens is 332 g/mol. The molecule has 0 radical (unpaired) electrons. The van der Waals surface area contributed by atoms with Gasteiger partial charge in [-0.05, 0) is 37.1 Å². The lowest BCUT2D eigenvalue weighted by atomic mass is 10.1. The van der Waals surface area contributed by atoms with E-state index in [9.17, 15) is 14.4 Å². The first-order valence-corrected chi connectivity index (χ1v) is 8.43. The van der Waals surface area contributed by atoms with Gasteiger partial charge in [0.2, 0.25) is 5.91 Å². The summed E-state index contributed by atoms with van der Waals surface area (Å²) in [4.78, 5) is 34.7. The molecule has 0 spiro atoms. The average molecular weight is 354 g/mol. The molecule has 0 saturated carbocycles. The zero-order valence-electron chi connectivity index (χ0n) is 14.6. The van der Waals surface area contributed by atoms with Gasteiger partial charge in [-0.3, -0.25) is 14.4 Å². The molecule has 0 aliphatic carbocycles. The second-order valence-corrected chi connectivity index (χ2v) is 5.98. The molecule has 136 valence electrons. The highest BCUT2D eigenvalue weighted by Gasteiger charge is 2.12. The van der Waals surface area contributed by atoms with Gasteiger partial charge in [-0.2, -0.15) is 0 Å². The number of rotatable bonds is 8. The van der Waals surface area contributed by atoms with Gasteiger partial charge < -0.3 is 15.7 Å². The number of hydrogen-bond acceptors (Lipinski definition) is 3. The molecule has 0 aliphatic rings. The van der Waals surface area contributed by atoms with Gasteiger partial charge in [0.25, 0.3) is 5.91 Å². The molecule has 0 heterocycles. The normalized spacial score (nSPS) is 11.4. The molecule has 0 fully saturated rings. The fraction of sp³-hybridized carbons (Fsp3) is 0.250. The third-order valence-electron chi connectivity index (χ3n) is 3.85. The van der Waals surface area contributed by atoms with Crippen LogP contribution in [0.3, 0.4) is 0 Å². The van der Waals surface area contributed by atoms with Crippen molar-refractivity contribution in [3.05, 3.63) is 65.7 Å². The number of carbonyl (C=O) groups is 3. The predicted molar refractivity (Wildman–Crippen MR) is 98.9 cm³/mol. The van der Waals surface area contributed by atoms with Crippen LogP contribution in [0.4, 0.5) is 5.69 Å². The van der Waals surface area contributed by atoms with E-state index in [2.05, 4.69) is 10.6 Å². The number of anilines is 1. The summed E-state index contributed by atoms with van der Waals surface area (Å²) < 4.78 is 0. The molecule has 1 unspecified atom stereocenters. The SMILES string of the molecule is CC(NC(=O)c1cccc(NC(=O)CCCC(=O)O)c1)c1ccccc1. The van der Waals surface area contributed by atoms with Crippen LogP contribution in [0.1, 0.15) is 48.1 Å². The minimum absolute atomic E-state index is 0.0484. The maximum absolute atomic E-state index is 12.4. The lowest BCUT2D eigenvalue weighted by Crippen LogP contribution is -2.26. The van der Waals surface area contributed by atoms with E-state index < -0.39 is 5.97 Å². The lowest BCUT2D eigenvalue weighted by molar-refractivity contribution is -0.137. The number of aliphatic carboxylic acids is 1. The number of benzene rings is 2. The van der Waals surface area contributed by atoms with E-state index in [1.807, 2.05) is 37.3 Å². The van der Waals surface area contributed by atoms with Crippen LogP contribution in [0.5, 0.6) is 0 Å². The number of carbonyl (C=O) groups excluding carboxylic acids is 2. The maximum atomic E-state index is 12.4. The van der Waals surface area contributed by atoms with Crippen molar-refractivity contribution in [1.82, 2.24) is 5.32 Å². The molecule has 2 aromatic rings. The van der Waals surface area contributed by atoms with Crippen molar-refractivity contribution in [2.24, 2.45) is 0 Å². The summed E-state index contributed by atoms with van der Waals surface area (Å²) in [5.41, 5.74) is 1.95. The van der Waals surface area contributed by atoms with Gasteiger partial charge >= 0.3 is 5.97 Å². The summed E-state index contributed by atoms with van der Waals surface area (Å²) >= 11 is 0. The van der Waals surface area contributed by atoms with Crippen molar-refractivity contribution in [3.63, 3.8) is 0 Å². The summed E-state index contributed by atoms with van der Waals surface area (Å²) in [6.07, 6.45) is 0.344. The van der Waals surface area contributed by atoms with Crippen LogP contribution in [-0.4, -0.2) is 22.9 Å². The molecule has 2 rings (SSSR count). The van der Waals surface area contributed by atoms with Crippen molar-refractivity contribution < 1.29 is 19.5 Å². The highest BCUT2D eigenvalue weighted by molar-refractivity contribution is 5.97. The largest absolute Gasteiger partial charge is 0.481 e. The Morgan fingerprint density at radius 3 is 2.42 bits per heavy atom. The van der Waals surface area contributed by atoms with E-state index in [1.165, 1.54) is 0 Å². The van der Waals surface area contributed by atoms with Crippen molar-refractivity contribution in [3.8, 4) is 0 Å². The zero-order valence-corrected chi connectivity index (χ0v) is 14.6. The number of carboxylic acids is 1. The van der Waals surface area contributed by atoms with Crippen LogP contribution in [0.2, 0.25) is 0 Å². The summed E-state index contributed by atoms with van der Waals surface area (Å²) in [6, 6.07) is 16.1. The Hall–Kier alpha value is -3.15. The molecule has 0 saturated heterocycles. The van der Waals surface area contributed by atoms with Crippen molar-refractivity contribution in [2.45, 2.75) is 32.2 Å². The molecule has 2 amide bonds. The second-order valence-electron chi connectivity index (χ2n) is 5.98. The monoisotopic (exact) mass is 354 g/mol. The average Bonchev–Trinajstić information content (AvgIpc) is 2.62. The second kappa shape index (κ2) is 9.36. The van der Waals surface area contributed by atoms with Crippen LogP contribution in [0.25, 0.3) is 0 Å². The number of hydrogen-bond donors (Lipinski definition) is 3. The van der Waals surface area contributed by atoms with Crippen LogP contribution in [-0.2, 0) is 9.59 Å².